The first kappa shape index (κ1) is 23.4. The van der Waals surface area contributed by atoms with Crippen molar-refractivity contribution in [1.82, 2.24) is 4.90 Å². The van der Waals surface area contributed by atoms with Crippen LogP contribution in [0.15, 0.2) is 36.4 Å². The van der Waals surface area contributed by atoms with E-state index in [1.54, 1.807) is 4.90 Å². The van der Waals surface area contributed by atoms with Crippen LogP contribution in [-0.2, 0) is 9.59 Å². The van der Waals surface area contributed by atoms with E-state index in [-0.39, 0.29) is 30.3 Å². The monoisotopic (exact) mass is 474 g/mol. The van der Waals surface area contributed by atoms with E-state index in [9.17, 15) is 14.4 Å². The van der Waals surface area contributed by atoms with Crippen molar-refractivity contribution in [3.05, 3.63) is 53.1 Å². The lowest BCUT2D eigenvalue weighted by molar-refractivity contribution is -0.123. The van der Waals surface area contributed by atoms with Crippen molar-refractivity contribution in [1.29, 1.82) is 0 Å². The first-order chi connectivity index (χ1) is 16.9. The first-order valence-electron chi connectivity index (χ1n) is 12.8. The SMILES string of the molecule is Cc1cc(C)cc(NC(=O)CN2C(=O)[C@@H]3CCCCN3c3ccc(C(=O)N4CCCCC4)cc32)c1. The smallest absolute Gasteiger partial charge is 0.253 e. The van der Waals surface area contributed by atoms with Gasteiger partial charge in [-0.2, -0.15) is 0 Å². The van der Waals surface area contributed by atoms with Gasteiger partial charge in [0.2, 0.25) is 11.8 Å². The van der Waals surface area contributed by atoms with Gasteiger partial charge >= 0.3 is 0 Å². The third-order valence-electron chi connectivity index (χ3n) is 7.33. The molecule has 2 aromatic carbocycles. The van der Waals surface area contributed by atoms with E-state index in [2.05, 4.69) is 16.3 Å². The lowest BCUT2D eigenvalue weighted by Gasteiger charge is -2.45. The highest BCUT2D eigenvalue weighted by Crippen LogP contribution is 2.40. The maximum Gasteiger partial charge on any atom is 0.253 e. The molecule has 0 saturated carbocycles. The van der Waals surface area contributed by atoms with Gasteiger partial charge in [0.15, 0.2) is 0 Å². The number of nitrogens with zero attached hydrogens (tertiary/aromatic N) is 3. The molecule has 3 aliphatic rings. The molecule has 184 valence electrons. The molecule has 0 unspecified atom stereocenters. The van der Waals surface area contributed by atoms with Gasteiger partial charge in [-0.25, -0.2) is 0 Å². The third kappa shape index (κ3) is 4.77. The zero-order chi connectivity index (χ0) is 24.5. The molecule has 1 atom stereocenters. The first-order valence-corrected chi connectivity index (χ1v) is 12.8. The second-order valence-corrected chi connectivity index (χ2v) is 10.1. The van der Waals surface area contributed by atoms with Crippen LogP contribution in [0.25, 0.3) is 0 Å². The van der Waals surface area contributed by atoms with Gasteiger partial charge in [-0.05, 0) is 93.8 Å². The number of carbonyl (C=O) groups excluding carboxylic acids is 3. The van der Waals surface area contributed by atoms with Crippen molar-refractivity contribution in [2.45, 2.75) is 58.4 Å². The van der Waals surface area contributed by atoms with Crippen LogP contribution in [0.4, 0.5) is 17.1 Å². The molecule has 3 amide bonds. The summed E-state index contributed by atoms with van der Waals surface area (Å²) in [4.78, 5) is 45.6. The lowest BCUT2D eigenvalue weighted by atomic mass is 9.95. The van der Waals surface area contributed by atoms with Crippen molar-refractivity contribution in [2.75, 3.05) is 41.3 Å². The summed E-state index contributed by atoms with van der Waals surface area (Å²) in [7, 11) is 0. The molecule has 2 aromatic rings. The van der Waals surface area contributed by atoms with E-state index >= 15 is 0 Å². The van der Waals surface area contributed by atoms with E-state index in [1.165, 1.54) is 0 Å². The molecule has 2 saturated heterocycles. The number of piperidine rings is 2. The van der Waals surface area contributed by atoms with Crippen LogP contribution in [0, 0.1) is 13.8 Å². The predicted molar refractivity (Wildman–Crippen MR) is 138 cm³/mol. The van der Waals surface area contributed by atoms with Crippen LogP contribution in [0.3, 0.4) is 0 Å². The molecule has 7 heteroatoms. The number of benzene rings is 2. The Morgan fingerprint density at radius 3 is 2.34 bits per heavy atom. The summed E-state index contributed by atoms with van der Waals surface area (Å²) < 4.78 is 0. The Bertz CT molecular complexity index is 1130. The standard InChI is InChI=1S/C28H34N4O3/c1-19-14-20(2)16-22(15-19)29-26(33)18-32-25-17-21(27(34)30-11-5-3-6-12-30)9-10-23(25)31-13-7-4-8-24(31)28(32)35/h9-10,14-17,24H,3-8,11-13,18H2,1-2H3,(H,29,33)/t24-/m0/s1. The summed E-state index contributed by atoms with van der Waals surface area (Å²) in [6, 6.07) is 11.3. The van der Waals surface area contributed by atoms with Crippen LogP contribution in [0.2, 0.25) is 0 Å². The quantitative estimate of drug-likeness (QED) is 0.718. The molecule has 0 bridgehead atoms. The highest BCUT2D eigenvalue weighted by molar-refractivity contribution is 6.11. The van der Waals surface area contributed by atoms with Crippen molar-refractivity contribution >= 4 is 34.8 Å². The Balaban J connectivity index is 1.45. The Morgan fingerprint density at radius 2 is 1.60 bits per heavy atom. The summed E-state index contributed by atoms with van der Waals surface area (Å²) in [5.41, 5.74) is 5.03. The van der Waals surface area contributed by atoms with Crippen molar-refractivity contribution in [3.8, 4) is 0 Å². The number of anilines is 3. The summed E-state index contributed by atoms with van der Waals surface area (Å²) in [6.07, 6.45) is 6.01. The van der Waals surface area contributed by atoms with Crippen molar-refractivity contribution < 1.29 is 14.4 Å². The number of carbonyl (C=O) groups is 3. The molecule has 5 rings (SSSR count). The van der Waals surface area contributed by atoms with Gasteiger partial charge in [-0.15, -0.1) is 0 Å². The summed E-state index contributed by atoms with van der Waals surface area (Å²) in [5.74, 6) is -0.304. The summed E-state index contributed by atoms with van der Waals surface area (Å²) >= 11 is 0. The fourth-order valence-electron chi connectivity index (χ4n) is 5.72. The Kier molecular flexibility index (Phi) is 6.50. The van der Waals surface area contributed by atoms with Crippen LogP contribution in [-0.4, -0.2) is 54.8 Å². The van der Waals surface area contributed by atoms with Crippen LogP contribution >= 0.6 is 0 Å². The number of aryl methyl sites for hydroxylation is 2. The second kappa shape index (κ2) is 9.72. The zero-order valence-corrected chi connectivity index (χ0v) is 20.7. The molecule has 0 spiro atoms. The fourth-order valence-corrected chi connectivity index (χ4v) is 5.72. The Morgan fingerprint density at radius 1 is 0.886 bits per heavy atom. The van der Waals surface area contributed by atoms with E-state index in [0.29, 0.717) is 11.3 Å². The fraction of sp³-hybridized carbons (Fsp3) is 0.464. The van der Waals surface area contributed by atoms with Crippen LogP contribution in [0.5, 0.6) is 0 Å². The highest BCUT2D eigenvalue weighted by atomic mass is 16.2. The van der Waals surface area contributed by atoms with E-state index in [0.717, 1.165) is 80.7 Å². The topological polar surface area (TPSA) is 73.0 Å². The van der Waals surface area contributed by atoms with Gasteiger partial charge in [0, 0.05) is 30.9 Å². The third-order valence-corrected chi connectivity index (χ3v) is 7.33. The molecule has 7 nitrogen and oxygen atoms in total. The van der Waals surface area contributed by atoms with Gasteiger partial charge in [0.05, 0.1) is 11.4 Å². The van der Waals surface area contributed by atoms with Crippen LogP contribution < -0.4 is 15.1 Å². The van der Waals surface area contributed by atoms with Gasteiger partial charge < -0.3 is 15.1 Å². The molecule has 2 fully saturated rings. The number of rotatable bonds is 4. The number of nitrogens with one attached hydrogen (secondary N) is 1. The largest absolute Gasteiger partial charge is 0.358 e. The minimum Gasteiger partial charge on any atom is -0.358 e. The number of hydrogen-bond acceptors (Lipinski definition) is 4. The summed E-state index contributed by atoms with van der Waals surface area (Å²) in [5, 5.41) is 2.96. The van der Waals surface area contributed by atoms with Gasteiger partial charge in [0.25, 0.3) is 5.91 Å². The van der Waals surface area contributed by atoms with E-state index in [1.807, 2.05) is 49.1 Å². The predicted octanol–water partition coefficient (Wildman–Crippen LogP) is 4.27. The van der Waals surface area contributed by atoms with Gasteiger partial charge in [-0.3, -0.25) is 19.3 Å². The number of amides is 3. The van der Waals surface area contributed by atoms with Gasteiger partial charge in [0.1, 0.15) is 12.6 Å². The molecule has 0 radical (unpaired) electrons. The molecule has 0 aliphatic carbocycles. The average molecular weight is 475 g/mol. The maximum atomic E-state index is 13.6. The normalized spacial score (nSPS) is 19.8. The Labute approximate surface area is 207 Å². The zero-order valence-electron chi connectivity index (χ0n) is 20.7. The highest BCUT2D eigenvalue weighted by Gasteiger charge is 2.40. The van der Waals surface area contributed by atoms with Crippen molar-refractivity contribution in [2.24, 2.45) is 0 Å². The Hall–Kier alpha value is -3.35. The molecule has 3 heterocycles. The number of likely N-dealkylation sites (tertiary alicyclic amines) is 1. The van der Waals surface area contributed by atoms with Crippen molar-refractivity contribution in [3.63, 3.8) is 0 Å². The number of hydrogen-bond donors (Lipinski definition) is 1. The van der Waals surface area contributed by atoms with E-state index < -0.39 is 0 Å². The molecule has 3 aliphatic heterocycles. The molecule has 35 heavy (non-hydrogen) atoms. The molecule has 1 N–H and O–H groups in total. The average Bonchev–Trinajstić information content (AvgIpc) is 2.85. The molecular formula is C28H34N4O3. The number of fused-ring (bicyclic) bond motifs is 3. The minimum atomic E-state index is -0.256. The van der Waals surface area contributed by atoms with E-state index in [4.69, 9.17) is 0 Å². The van der Waals surface area contributed by atoms with Crippen LogP contribution in [0.1, 0.15) is 60.0 Å². The van der Waals surface area contributed by atoms with Gasteiger partial charge in [-0.1, -0.05) is 6.07 Å². The second-order valence-electron chi connectivity index (χ2n) is 10.1. The maximum absolute atomic E-state index is 13.6. The summed E-state index contributed by atoms with van der Waals surface area (Å²) in [6.45, 7) is 6.25. The lowest BCUT2D eigenvalue weighted by Crippen LogP contribution is -2.56. The minimum absolute atomic E-state index is 0.000328. The molecular weight excluding hydrogens is 440 g/mol. The molecule has 0 aromatic heterocycles.